The number of aromatic nitrogens is 3. The highest BCUT2D eigenvalue weighted by Crippen LogP contribution is 2.55. The topological polar surface area (TPSA) is 68.1 Å². The van der Waals surface area contributed by atoms with Crippen molar-refractivity contribution in [3.05, 3.63) is 110 Å². The molecule has 0 radical (unpaired) electrons. The minimum absolute atomic E-state index is 0.0154. The molecule has 0 spiro atoms. The Bertz CT molecular complexity index is 1630. The first-order valence-electron chi connectivity index (χ1n) is 12.1. The van der Waals surface area contributed by atoms with E-state index in [1.165, 1.54) is 27.8 Å². The van der Waals surface area contributed by atoms with E-state index < -0.39 is 23.1 Å². The summed E-state index contributed by atoms with van der Waals surface area (Å²) in [5.74, 6) is -1.45. The molecule has 9 heteroatoms. The number of benzene rings is 1. The lowest BCUT2D eigenvalue weighted by Crippen LogP contribution is -2.23. The van der Waals surface area contributed by atoms with E-state index in [0.29, 0.717) is 16.9 Å². The summed E-state index contributed by atoms with van der Waals surface area (Å²) in [6.07, 6.45) is 3.52. The largest absolute Gasteiger partial charge is 0.345 e. The quantitative estimate of drug-likeness (QED) is 0.324. The number of hydrogen-bond acceptors (Lipinski definition) is 4. The molecular weight excluding hydrogens is 510 g/mol. The molecule has 1 saturated carbocycles. The first-order valence-corrected chi connectivity index (χ1v) is 12.5. The summed E-state index contributed by atoms with van der Waals surface area (Å²) < 4.78 is 30.1. The van der Waals surface area contributed by atoms with Crippen LogP contribution in [0.4, 0.5) is 8.78 Å². The van der Waals surface area contributed by atoms with Gasteiger partial charge in [-0.05, 0) is 73.7 Å². The van der Waals surface area contributed by atoms with Crippen molar-refractivity contribution in [2.45, 2.75) is 32.1 Å². The van der Waals surface area contributed by atoms with Crippen LogP contribution in [0.2, 0.25) is 5.02 Å². The highest BCUT2D eigenvalue weighted by atomic mass is 35.5. The molecule has 38 heavy (non-hydrogen) atoms. The number of nitrogens with zero attached hydrogens (tertiary/aromatic N) is 4. The summed E-state index contributed by atoms with van der Waals surface area (Å²) in [5, 5.41) is 0.104. The van der Waals surface area contributed by atoms with Crippen LogP contribution in [0.25, 0.3) is 16.9 Å². The maximum absolute atomic E-state index is 15.4. The first kappa shape index (κ1) is 25.7. The van der Waals surface area contributed by atoms with E-state index in [2.05, 4.69) is 9.97 Å². The number of pyridine rings is 3. The standard InChI is InChI=1S/C29H25ClF2N4O2/c1-15-13-33-24(18-6-5-7-19(27(18)32)28(37)35(3)4)12-25(15)36-16(2)10-22(26(30)29(36)38)20-11-21(20)23-9-8-17(31)14-34-23/h5-10,12-14,20-21H,11H2,1-4H3/t20-,21-/m0/s1. The maximum Gasteiger partial charge on any atom is 0.274 e. The van der Waals surface area contributed by atoms with Gasteiger partial charge in [-0.25, -0.2) is 8.78 Å². The molecule has 0 bridgehead atoms. The molecule has 194 valence electrons. The third kappa shape index (κ3) is 4.49. The Morgan fingerprint density at radius 3 is 2.50 bits per heavy atom. The van der Waals surface area contributed by atoms with Crippen molar-refractivity contribution in [1.29, 1.82) is 0 Å². The number of hydrogen-bond donors (Lipinski definition) is 0. The molecule has 2 atom stereocenters. The van der Waals surface area contributed by atoms with Crippen LogP contribution in [-0.2, 0) is 0 Å². The molecule has 5 rings (SSSR count). The molecule has 0 N–H and O–H groups in total. The summed E-state index contributed by atoms with van der Waals surface area (Å²) in [5.41, 5.74) is 3.35. The maximum atomic E-state index is 15.4. The lowest BCUT2D eigenvalue weighted by Gasteiger charge is -2.17. The van der Waals surface area contributed by atoms with Gasteiger partial charge in [0.2, 0.25) is 0 Å². The summed E-state index contributed by atoms with van der Waals surface area (Å²) in [7, 11) is 3.11. The van der Waals surface area contributed by atoms with Gasteiger partial charge in [-0.15, -0.1) is 0 Å². The van der Waals surface area contributed by atoms with Crippen molar-refractivity contribution in [2.24, 2.45) is 0 Å². The molecular formula is C29H25ClF2N4O2. The molecule has 3 heterocycles. The van der Waals surface area contributed by atoms with Gasteiger partial charge in [0.15, 0.2) is 0 Å². The molecule has 0 saturated heterocycles. The number of rotatable bonds is 5. The molecule has 4 aromatic rings. The summed E-state index contributed by atoms with van der Waals surface area (Å²) >= 11 is 6.62. The van der Waals surface area contributed by atoms with Crippen LogP contribution >= 0.6 is 11.6 Å². The van der Waals surface area contributed by atoms with E-state index in [-0.39, 0.29) is 33.7 Å². The molecule has 0 unspecified atom stereocenters. The van der Waals surface area contributed by atoms with Crippen molar-refractivity contribution in [3.63, 3.8) is 0 Å². The van der Waals surface area contributed by atoms with Crippen molar-refractivity contribution in [1.82, 2.24) is 19.4 Å². The van der Waals surface area contributed by atoms with Gasteiger partial charge >= 0.3 is 0 Å². The number of amides is 1. The van der Waals surface area contributed by atoms with E-state index >= 15 is 4.39 Å². The van der Waals surface area contributed by atoms with E-state index in [4.69, 9.17) is 11.6 Å². The van der Waals surface area contributed by atoms with Crippen molar-refractivity contribution < 1.29 is 13.6 Å². The van der Waals surface area contributed by atoms with Crippen molar-refractivity contribution in [3.8, 4) is 16.9 Å². The molecule has 1 fully saturated rings. The van der Waals surface area contributed by atoms with Crippen molar-refractivity contribution in [2.75, 3.05) is 14.1 Å². The van der Waals surface area contributed by atoms with Crippen LogP contribution in [0, 0.1) is 25.5 Å². The van der Waals surface area contributed by atoms with Crippen LogP contribution in [0.15, 0.2) is 59.7 Å². The highest BCUT2D eigenvalue weighted by Gasteiger charge is 2.42. The number of aryl methyl sites for hydroxylation is 2. The third-order valence-electron chi connectivity index (χ3n) is 6.91. The van der Waals surface area contributed by atoms with E-state index in [1.807, 2.05) is 13.0 Å². The summed E-state index contributed by atoms with van der Waals surface area (Å²) in [4.78, 5) is 35.8. The van der Waals surface area contributed by atoms with Gasteiger partial charge in [-0.1, -0.05) is 17.7 Å². The summed E-state index contributed by atoms with van der Waals surface area (Å²) in [6, 6.07) is 11.1. The van der Waals surface area contributed by atoms with Crippen LogP contribution in [-0.4, -0.2) is 39.4 Å². The summed E-state index contributed by atoms with van der Waals surface area (Å²) in [6.45, 7) is 3.62. The van der Waals surface area contributed by atoms with E-state index in [0.717, 1.165) is 17.7 Å². The smallest absolute Gasteiger partial charge is 0.274 e. The van der Waals surface area contributed by atoms with Gasteiger partial charge in [0.25, 0.3) is 11.5 Å². The Morgan fingerprint density at radius 2 is 1.82 bits per heavy atom. The van der Waals surface area contributed by atoms with E-state index in [9.17, 15) is 14.0 Å². The zero-order valence-electron chi connectivity index (χ0n) is 21.3. The monoisotopic (exact) mass is 534 g/mol. The fourth-order valence-electron chi connectivity index (χ4n) is 4.81. The minimum Gasteiger partial charge on any atom is -0.345 e. The van der Waals surface area contributed by atoms with Crippen LogP contribution in [0.3, 0.4) is 0 Å². The molecule has 6 nitrogen and oxygen atoms in total. The average Bonchev–Trinajstić information content (AvgIpc) is 3.68. The van der Waals surface area contributed by atoms with Gasteiger partial charge < -0.3 is 4.90 Å². The second kappa shape index (κ2) is 9.76. The predicted octanol–water partition coefficient (Wildman–Crippen LogP) is 5.82. The predicted molar refractivity (Wildman–Crippen MR) is 142 cm³/mol. The van der Waals surface area contributed by atoms with Crippen molar-refractivity contribution >= 4 is 17.5 Å². The van der Waals surface area contributed by atoms with Crippen LogP contribution in [0.1, 0.15) is 51.1 Å². The molecule has 1 aliphatic rings. The zero-order valence-corrected chi connectivity index (χ0v) is 22.1. The Kier molecular flexibility index (Phi) is 6.61. The van der Waals surface area contributed by atoms with Gasteiger partial charge in [0.1, 0.15) is 16.7 Å². The second-order valence-electron chi connectivity index (χ2n) is 9.77. The fourth-order valence-corrected chi connectivity index (χ4v) is 5.09. The zero-order chi connectivity index (χ0) is 27.3. The Labute approximate surface area is 223 Å². The van der Waals surface area contributed by atoms with Crippen LogP contribution in [0.5, 0.6) is 0 Å². The first-order chi connectivity index (χ1) is 18.1. The van der Waals surface area contributed by atoms with Gasteiger partial charge in [-0.2, -0.15) is 0 Å². The molecule has 1 amide bonds. The van der Waals surface area contributed by atoms with Crippen LogP contribution < -0.4 is 5.56 Å². The molecule has 0 aliphatic heterocycles. The lowest BCUT2D eigenvalue weighted by atomic mass is 10.0. The SMILES string of the molecule is Cc1cnc(-c2cccc(C(=O)N(C)C)c2F)cc1-n1c(C)cc([C@H]2C[C@@H]2c2ccc(F)cn2)c(Cl)c1=O. The van der Waals surface area contributed by atoms with Gasteiger partial charge in [0.05, 0.1) is 23.1 Å². The highest BCUT2D eigenvalue weighted by molar-refractivity contribution is 6.31. The Morgan fingerprint density at radius 1 is 1.05 bits per heavy atom. The minimum atomic E-state index is -0.680. The van der Waals surface area contributed by atoms with E-state index in [1.54, 1.807) is 51.5 Å². The number of halogens is 3. The molecule has 3 aromatic heterocycles. The number of carbonyl (C=O) groups excluding carboxylic acids is 1. The Hall–Kier alpha value is -3.91. The third-order valence-corrected chi connectivity index (χ3v) is 7.29. The Balaban J connectivity index is 1.55. The molecule has 1 aromatic carbocycles. The normalized spacial score (nSPS) is 16.4. The number of carbonyl (C=O) groups is 1. The van der Waals surface area contributed by atoms with Gasteiger partial charge in [0, 0.05) is 43.2 Å². The average molecular weight is 535 g/mol. The second-order valence-corrected chi connectivity index (χ2v) is 10.1. The lowest BCUT2D eigenvalue weighted by molar-refractivity contribution is 0.0823. The molecule has 1 aliphatic carbocycles. The fraction of sp³-hybridized carbons (Fsp3) is 0.241. The van der Waals surface area contributed by atoms with Gasteiger partial charge in [-0.3, -0.25) is 24.1 Å².